The van der Waals surface area contributed by atoms with Crippen LogP contribution in [0.1, 0.15) is 33.6 Å². The molecule has 0 spiro atoms. The molecule has 3 aromatic rings. The normalized spacial score (nSPS) is 11.6. The molecule has 3 rings (SSSR count). The van der Waals surface area contributed by atoms with E-state index in [1.54, 1.807) is 36.4 Å². The van der Waals surface area contributed by atoms with Gasteiger partial charge in [0.2, 0.25) is 0 Å². The first-order chi connectivity index (χ1) is 15.5. The summed E-state index contributed by atoms with van der Waals surface area (Å²) in [7, 11) is 0. The molecule has 0 aliphatic heterocycles. The number of benzene rings is 2. The molecule has 0 unspecified atom stereocenters. The van der Waals surface area contributed by atoms with Gasteiger partial charge in [-0.3, -0.25) is 14.8 Å². The van der Waals surface area contributed by atoms with Crippen molar-refractivity contribution in [2.75, 3.05) is 12.0 Å². The van der Waals surface area contributed by atoms with Crippen LogP contribution in [0.25, 0.3) is 23.3 Å². The summed E-state index contributed by atoms with van der Waals surface area (Å²) in [4.78, 5) is 33.0. The van der Waals surface area contributed by atoms with Crippen molar-refractivity contribution in [1.29, 1.82) is 0 Å². The van der Waals surface area contributed by atoms with Crippen LogP contribution < -0.4 is 5.32 Å². The van der Waals surface area contributed by atoms with Crippen LogP contribution in [0.4, 0.5) is 0 Å². The molecule has 8 heteroatoms. The second-order valence-electron chi connectivity index (χ2n) is 7.23. The topological polar surface area (TPSA) is 92.2 Å². The summed E-state index contributed by atoms with van der Waals surface area (Å²) in [5.41, 5.74) is 4.74. The molecule has 1 amide bonds. The van der Waals surface area contributed by atoms with E-state index in [1.807, 2.05) is 61.7 Å². The summed E-state index contributed by atoms with van der Waals surface area (Å²) < 4.78 is 0. The van der Waals surface area contributed by atoms with Crippen molar-refractivity contribution < 1.29 is 14.7 Å². The van der Waals surface area contributed by atoms with Gasteiger partial charge in [0.25, 0.3) is 5.91 Å². The Morgan fingerprint density at radius 2 is 1.91 bits per heavy atom. The van der Waals surface area contributed by atoms with E-state index in [0.29, 0.717) is 17.7 Å². The van der Waals surface area contributed by atoms with Crippen LogP contribution in [0, 0.1) is 6.92 Å². The zero-order valence-corrected chi connectivity index (χ0v) is 18.8. The van der Waals surface area contributed by atoms with Crippen LogP contribution in [-0.2, 0) is 4.79 Å². The van der Waals surface area contributed by atoms with E-state index in [-0.39, 0.29) is 18.9 Å². The van der Waals surface area contributed by atoms with E-state index in [9.17, 15) is 14.7 Å². The Bertz CT molecular complexity index is 1120. The van der Waals surface area contributed by atoms with Crippen LogP contribution in [0.15, 0.2) is 61.1 Å². The number of aromatic nitrogens is 2. The molecule has 1 aromatic heterocycles. The van der Waals surface area contributed by atoms with Gasteiger partial charge in [-0.25, -0.2) is 4.79 Å². The number of nitrogens with zero attached hydrogens (tertiary/aromatic N) is 2. The van der Waals surface area contributed by atoms with Crippen LogP contribution in [0.2, 0.25) is 0 Å². The molecule has 2 N–H and O–H groups in total. The van der Waals surface area contributed by atoms with Crippen molar-refractivity contribution >= 4 is 54.7 Å². The van der Waals surface area contributed by atoms with Gasteiger partial charge in [-0.05, 0) is 65.8 Å². The summed E-state index contributed by atoms with van der Waals surface area (Å²) in [6.45, 7) is 1.98. The molecule has 33 heavy (non-hydrogen) atoms. The third kappa shape index (κ3) is 7.33. The van der Waals surface area contributed by atoms with E-state index in [1.165, 1.54) is 0 Å². The van der Waals surface area contributed by atoms with Crippen LogP contribution in [0.5, 0.6) is 0 Å². The van der Waals surface area contributed by atoms with Gasteiger partial charge in [-0.1, -0.05) is 36.4 Å². The summed E-state index contributed by atoms with van der Waals surface area (Å²) in [5, 5.41) is 12.2. The van der Waals surface area contributed by atoms with Gasteiger partial charge in [-0.15, -0.1) is 0 Å². The summed E-state index contributed by atoms with van der Waals surface area (Å²) in [6, 6.07) is 12.4. The molecule has 166 valence electrons. The molecule has 0 bridgehead atoms. The van der Waals surface area contributed by atoms with Crippen molar-refractivity contribution in [2.45, 2.75) is 19.4 Å². The molecule has 0 radical (unpaired) electrons. The second-order valence-corrected chi connectivity index (χ2v) is 8.21. The number of amides is 1. The first kappa shape index (κ1) is 26.4. The number of carboxylic acids is 1. The SMILES string of the molecule is CSCC[C@H](NC(=O)c1ccc(C=Cc2cnccn2)cc1-c1ccccc1C)C(=O)O.[LiH]. The molecular weight excluding hydrogens is 429 g/mol. The molecule has 1 atom stereocenters. The Morgan fingerprint density at radius 1 is 1.12 bits per heavy atom. The Labute approximate surface area is 210 Å². The van der Waals surface area contributed by atoms with E-state index in [2.05, 4.69) is 15.3 Å². The maximum atomic E-state index is 13.1. The van der Waals surface area contributed by atoms with Gasteiger partial charge in [0.05, 0.1) is 11.9 Å². The van der Waals surface area contributed by atoms with Gasteiger partial charge < -0.3 is 10.4 Å². The molecule has 0 aliphatic carbocycles. The summed E-state index contributed by atoms with van der Waals surface area (Å²) in [5.74, 6) is -0.789. The molecule has 0 saturated carbocycles. The fourth-order valence-corrected chi connectivity index (χ4v) is 3.74. The average Bonchev–Trinajstić information content (AvgIpc) is 2.81. The number of carbonyl (C=O) groups excluding carboxylic acids is 1. The minimum absolute atomic E-state index is 0. The van der Waals surface area contributed by atoms with Gasteiger partial charge in [-0.2, -0.15) is 11.8 Å². The van der Waals surface area contributed by atoms with Crippen molar-refractivity contribution in [2.24, 2.45) is 0 Å². The zero-order valence-electron chi connectivity index (χ0n) is 18.0. The maximum absolute atomic E-state index is 13.1. The van der Waals surface area contributed by atoms with Crippen molar-refractivity contribution in [1.82, 2.24) is 15.3 Å². The second kappa shape index (κ2) is 13.0. The predicted molar refractivity (Wildman–Crippen MR) is 137 cm³/mol. The number of aliphatic carboxylic acids is 1. The van der Waals surface area contributed by atoms with E-state index < -0.39 is 17.9 Å². The number of hydrogen-bond acceptors (Lipinski definition) is 5. The molecule has 6 nitrogen and oxygen atoms in total. The third-order valence-corrected chi connectivity index (χ3v) is 5.61. The van der Waals surface area contributed by atoms with Crippen LogP contribution in [0.3, 0.4) is 0 Å². The van der Waals surface area contributed by atoms with Crippen LogP contribution in [-0.4, -0.2) is 63.9 Å². The summed E-state index contributed by atoms with van der Waals surface area (Å²) in [6.07, 6.45) is 10.9. The fraction of sp³-hybridized carbons (Fsp3) is 0.200. The summed E-state index contributed by atoms with van der Waals surface area (Å²) >= 11 is 1.55. The average molecular weight is 456 g/mol. The molecular formula is C25H26LiN3O3S. The molecule has 0 aliphatic rings. The minimum atomic E-state index is -1.03. The van der Waals surface area contributed by atoms with Gasteiger partial charge in [0.1, 0.15) is 6.04 Å². The van der Waals surface area contributed by atoms with E-state index in [4.69, 9.17) is 0 Å². The monoisotopic (exact) mass is 455 g/mol. The van der Waals surface area contributed by atoms with Crippen LogP contribution >= 0.6 is 11.8 Å². The molecule has 1 heterocycles. The van der Waals surface area contributed by atoms with E-state index >= 15 is 0 Å². The quantitative estimate of drug-likeness (QED) is 0.476. The Hall–Kier alpha value is -2.85. The van der Waals surface area contributed by atoms with Crippen molar-refractivity contribution in [3.8, 4) is 11.1 Å². The number of hydrogen-bond donors (Lipinski definition) is 2. The van der Waals surface area contributed by atoms with E-state index in [0.717, 1.165) is 27.9 Å². The number of thioether (sulfide) groups is 1. The number of aryl methyl sites for hydroxylation is 1. The Balaban J connectivity index is 0.00000385. The van der Waals surface area contributed by atoms with Crippen molar-refractivity contribution in [3.05, 3.63) is 83.4 Å². The van der Waals surface area contributed by atoms with Gasteiger partial charge in [0.15, 0.2) is 0 Å². The molecule has 0 fully saturated rings. The number of carbonyl (C=O) groups is 2. The zero-order chi connectivity index (χ0) is 22.9. The molecule has 2 aromatic carbocycles. The fourth-order valence-electron chi connectivity index (χ4n) is 3.27. The number of rotatable bonds is 9. The van der Waals surface area contributed by atoms with Gasteiger partial charge >= 0.3 is 24.8 Å². The number of carboxylic acid groups (broad SMARTS) is 1. The Morgan fingerprint density at radius 3 is 2.58 bits per heavy atom. The standard InChI is InChI=1S/C25H25N3O3S.Li.H/c1-17-5-3-4-6-20(17)22-15-18(7-9-19-16-26-12-13-27-19)8-10-21(22)24(29)28-23(25(30)31)11-14-32-2;;/h3-10,12-13,15-16,23H,11,14H2,1-2H3,(H,28,29)(H,30,31);;/t23-;;/m0../s1. The first-order valence-corrected chi connectivity index (χ1v) is 11.6. The predicted octanol–water partition coefficient (Wildman–Crippen LogP) is 3.91. The Kier molecular flexibility index (Phi) is 10.4. The van der Waals surface area contributed by atoms with Gasteiger partial charge in [0, 0.05) is 18.0 Å². The third-order valence-electron chi connectivity index (χ3n) is 4.97. The molecule has 0 saturated heterocycles. The number of nitrogens with one attached hydrogen (secondary N) is 1. The van der Waals surface area contributed by atoms with Crippen molar-refractivity contribution in [3.63, 3.8) is 0 Å². The first-order valence-electron chi connectivity index (χ1n) is 10.2.